The van der Waals surface area contributed by atoms with Crippen molar-refractivity contribution < 1.29 is 19.1 Å². The summed E-state index contributed by atoms with van der Waals surface area (Å²) in [5.41, 5.74) is 2.17. The third kappa shape index (κ3) is 6.53. The molecule has 3 aromatic rings. The van der Waals surface area contributed by atoms with Crippen molar-refractivity contribution in [1.82, 2.24) is 4.98 Å². The van der Waals surface area contributed by atoms with Gasteiger partial charge in [0.15, 0.2) is 5.13 Å². The van der Waals surface area contributed by atoms with Crippen LogP contribution in [0.2, 0.25) is 5.02 Å². The Labute approximate surface area is 194 Å². The SMILES string of the molecule is COc1ccc(NC(C)=O)cc1NC(=O)CCc1csc(NC(=O)c2ccc(Cl)cc2)n1. The molecule has 0 atom stereocenters. The van der Waals surface area contributed by atoms with Gasteiger partial charge in [-0.15, -0.1) is 11.3 Å². The van der Waals surface area contributed by atoms with Crippen LogP contribution in [0.25, 0.3) is 0 Å². The minimum atomic E-state index is -0.286. The summed E-state index contributed by atoms with van der Waals surface area (Å²) < 4.78 is 5.27. The maximum Gasteiger partial charge on any atom is 0.257 e. The van der Waals surface area contributed by atoms with Crippen LogP contribution in [0.1, 0.15) is 29.4 Å². The minimum absolute atomic E-state index is 0.182. The van der Waals surface area contributed by atoms with Gasteiger partial charge in [-0.05, 0) is 48.9 Å². The number of anilines is 3. The molecule has 0 aliphatic heterocycles. The Morgan fingerprint density at radius 1 is 1.06 bits per heavy atom. The van der Waals surface area contributed by atoms with E-state index in [0.29, 0.717) is 45.0 Å². The highest BCUT2D eigenvalue weighted by Gasteiger charge is 2.12. The molecule has 0 aliphatic rings. The van der Waals surface area contributed by atoms with Crippen LogP contribution >= 0.6 is 22.9 Å². The second-order valence-electron chi connectivity index (χ2n) is 6.75. The number of hydrogen-bond donors (Lipinski definition) is 3. The van der Waals surface area contributed by atoms with Crippen LogP contribution < -0.4 is 20.7 Å². The lowest BCUT2D eigenvalue weighted by molar-refractivity contribution is -0.116. The summed E-state index contributed by atoms with van der Waals surface area (Å²) in [5.74, 6) is -0.252. The number of thiazole rings is 1. The number of hydrogen-bond acceptors (Lipinski definition) is 6. The van der Waals surface area contributed by atoms with Gasteiger partial charge < -0.3 is 15.4 Å². The van der Waals surface area contributed by atoms with E-state index in [1.54, 1.807) is 47.8 Å². The normalized spacial score (nSPS) is 10.3. The molecule has 3 amide bonds. The number of nitrogens with zero attached hydrogens (tertiary/aromatic N) is 1. The summed E-state index contributed by atoms with van der Waals surface area (Å²) in [7, 11) is 1.50. The van der Waals surface area contributed by atoms with Crippen molar-refractivity contribution >= 4 is 57.2 Å². The van der Waals surface area contributed by atoms with Crippen LogP contribution in [0.5, 0.6) is 5.75 Å². The number of ether oxygens (including phenoxy) is 1. The lowest BCUT2D eigenvalue weighted by Gasteiger charge is -2.12. The predicted octanol–water partition coefficient (Wildman–Crippen LogP) is 4.59. The lowest BCUT2D eigenvalue weighted by atomic mass is 10.2. The fourth-order valence-electron chi connectivity index (χ4n) is 2.79. The smallest absolute Gasteiger partial charge is 0.257 e. The Balaban J connectivity index is 1.55. The molecule has 0 bridgehead atoms. The number of nitrogens with one attached hydrogen (secondary N) is 3. The van der Waals surface area contributed by atoms with Gasteiger partial charge in [-0.3, -0.25) is 19.7 Å². The van der Waals surface area contributed by atoms with Crippen molar-refractivity contribution in [3.05, 3.63) is 64.1 Å². The van der Waals surface area contributed by atoms with E-state index in [-0.39, 0.29) is 24.1 Å². The third-order valence-corrected chi connectivity index (χ3v) is 5.34. The zero-order chi connectivity index (χ0) is 23.1. The highest BCUT2D eigenvalue weighted by Crippen LogP contribution is 2.28. The summed E-state index contributed by atoms with van der Waals surface area (Å²) in [5, 5.41) is 11.0. The van der Waals surface area contributed by atoms with E-state index in [9.17, 15) is 14.4 Å². The van der Waals surface area contributed by atoms with E-state index < -0.39 is 0 Å². The number of carbonyl (C=O) groups excluding carboxylic acids is 3. The van der Waals surface area contributed by atoms with Crippen LogP contribution in [0.15, 0.2) is 47.8 Å². The topological polar surface area (TPSA) is 109 Å². The molecule has 8 nitrogen and oxygen atoms in total. The van der Waals surface area contributed by atoms with Crippen molar-refractivity contribution in [3.63, 3.8) is 0 Å². The van der Waals surface area contributed by atoms with Crippen molar-refractivity contribution in [1.29, 1.82) is 0 Å². The summed E-state index contributed by atoms with van der Waals surface area (Å²) in [6, 6.07) is 11.5. The van der Waals surface area contributed by atoms with Crippen molar-refractivity contribution in [2.45, 2.75) is 19.8 Å². The van der Waals surface area contributed by atoms with Gasteiger partial charge in [0.05, 0.1) is 18.5 Å². The Morgan fingerprint density at radius 3 is 2.50 bits per heavy atom. The van der Waals surface area contributed by atoms with Gasteiger partial charge >= 0.3 is 0 Å². The third-order valence-electron chi connectivity index (χ3n) is 4.28. The Kier molecular flexibility index (Phi) is 7.80. The van der Waals surface area contributed by atoms with Crippen LogP contribution in [0.4, 0.5) is 16.5 Å². The molecule has 0 spiro atoms. The number of aromatic nitrogens is 1. The van der Waals surface area contributed by atoms with Gasteiger partial charge in [0.25, 0.3) is 5.91 Å². The fraction of sp³-hybridized carbons (Fsp3) is 0.182. The number of halogens is 1. The van der Waals surface area contributed by atoms with E-state index >= 15 is 0 Å². The first-order valence-corrected chi connectivity index (χ1v) is 10.9. The minimum Gasteiger partial charge on any atom is -0.495 e. The number of amides is 3. The van der Waals surface area contributed by atoms with Crippen molar-refractivity contribution in [2.24, 2.45) is 0 Å². The van der Waals surface area contributed by atoms with Crippen molar-refractivity contribution in [2.75, 3.05) is 23.1 Å². The van der Waals surface area contributed by atoms with Crippen molar-refractivity contribution in [3.8, 4) is 5.75 Å². The quantitative estimate of drug-likeness (QED) is 0.444. The highest BCUT2D eigenvalue weighted by molar-refractivity contribution is 7.14. The Bertz CT molecular complexity index is 1130. The van der Waals surface area contributed by atoms with Gasteiger partial charge in [0.1, 0.15) is 5.75 Å². The molecule has 0 unspecified atom stereocenters. The molecule has 0 aliphatic carbocycles. The molecule has 10 heteroatoms. The van der Waals surface area contributed by atoms with Gasteiger partial charge in [0, 0.05) is 35.0 Å². The zero-order valence-corrected chi connectivity index (χ0v) is 19.0. The number of aryl methyl sites for hydroxylation is 1. The monoisotopic (exact) mass is 472 g/mol. The summed E-state index contributed by atoms with van der Waals surface area (Å²) in [6.07, 6.45) is 0.578. The predicted molar refractivity (Wildman–Crippen MR) is 126 cm³/mol. The molecule has 166 valence electrons. The second kappa shape index (κ2) is 10.7. The first-order valence-electron chi connectivity index (χ1n) is 9.61. The molecule has 0 radical (unpaired) electrons. The lowest BCUT2D eigenvalue weighted by Crippen LogP contribution is -2.14. The summed E-state index contributed by atoms with van der Waals surface area (Å²) in [4.78, 5) is 40.3. The van der Waals surface area contributed by atoms with Gasteiger partial charge in [0.2, 0.25) is 11.8 Å². The first-order chi connectivity index (χ1) is 15.3. The Morgan fingerprint density at radius 2 is 1.81 bits per heavy atom. The first kappa shape index (κ1) is 23.2. The Hall–Kier alpha value is -3.43. The van der Waals surface area contributed by atoms with Gasteiger partial charge in [-0.1, -0.05) is 11.6 Å². The largest absolute Gasteiger partial charge is 0.495 e. The molecule has 2 aromatic carbocycles. The number of rotatable bonds is 8. The standard InChI is InChI=1S/C22H21ClN4O4S/c1-13(28)24-16-7-9-19(31-2)18(11-16)26-20(29)10-8-17-12-32-22(25-17)27-21(30)14-3-5-15(23)6-4-14/h3-7,9,11-12H,8,10H2,1-2H3,(H,24,28)(H,26,29)(H,25,27,30). The molecule has 1 aromatic heterocycles. The maximum atomic E-state index is 12.4. The van der Waals surface area contributed by atoms with Crippen LogP contribution in [-0.4, -0.2) is 29.8 Å². The summed E-state index contributed by atoms with van der Waals surface area (Å²) >= 11 is 7.12. The van der Waals surface area contributed by atoms with E-state index in [2.05, 4.69) is 20.9 Å². The highest BCUT2D eigenvalue weighted by atomic mass is 35.5. The molecule has 0 saturated heterocycles. The molecule has 0 saturated carbocycles. The van der Waals surface area contributed by atoms with Gasteiger partial charge in [-0.25, -0.2) is 4.98 Å². The molecular formula is C22H21ClN4O4S. The zero-order valence-electron chi connectivity index (χ0n) is 17.4. The fourth-order valence-corrected chi connectivity index (χ4v) is 3.66. The summed E-state index contributed by atoms with van der Waals surface area (Å²) in [6.45, 7) is 1.41. The molecular weight excluding hydrogens is 452 g/mol. The van der Waals surface area contributed by atoms with E-state index in [0.717, 1.165) is 0 Å². The van der Waals surface area contributed by atoms with E-state index in [1.165, 1.54) is 25.4 Å². The van der Waals surface area contributed by atoms with Crippen LogP contribution in [-0.2, 0) is 16.0 Å². The van der Waals surface area contributed by atoms with Gasteiger partial charge in [-0.2, -0.15) is 0 Å². The van der Waals surface area contributed by atoms with E-state index in [1.807, 2.05) is 0 Å². The molecule has 3 rings (SSSR count). The van der Waals surface area contributed by atoms with E-state index in [4.69, 9.17) is 16.3 Å². The number of benzene rings is 2. The molecule has 1 heterocycles. The number of carbonyl (C=O) groups is 3. The van der Waals surface area contributed by atoms with Crippen LogP contribution in [0.3, 0.4) is 0 Å². The molecule has 32 heavy (non-hydrogen) atoms. The van der Waals surface area contributed by atoms with Crippen LogP contribution in [0, 0.1) is 0 Å². The second-order valence-corrected chi connectivity index (χ2v) is 8.04. The molecule has 0 fully saturated rings. The maximum absolute atomic E-state index is 12.4. The average molecular weight is 473 g/mol. The molecule has 3 N–H and O–H groups in total. The number of methoxy groups -OCH3 is 1. The average Bonchev–Trinajstić information content (AvgIpc) is 3.20.